The monoisotopic (exact) mass is 1760 g/mol. The predicted molar refractivity (Wildman–Crippen MR) is 471 cm³/mol. The third kappa shape index (κ3) is 22.1. The van der Waals surface area contributed by atoms with Crippen LogP contribution in [0.3, 0.4) is 0 Å². The summed E-state index contributed by atoms with van der Waals surface area (Å²) in [5.74, 6) is 1.59. The molecule has 16 heterocycles. The van der Waals surface area contributed by atoms with E-state index < -0.39 is 0 Å². The summed E-state index contributed by atoms with van der Waals surface area (Å²) in [5, 5.41) is 90.6. The summed E-state index contributed by atoms with van der Waals surface area (Å²) in [7, 11) is 0. The second kappa shape index (κ2) is 42.8. The van der Waals surface area contributed by atoms with E-state index in [9.17, 15) is 29.4 Å². The first kappa shape index (κ1) is 88.9. The Bertz CT molecular complexity index is 5870. The largest absolute Gasteiger partial charge is 0.483 e. The van der Waals surface area contributed by atoms with Crippen LogP contribution in [0.5, 0.6) is 0 Å². The van der Waals surface area contributed by atoms with Crippen LogP contribution in [0.15, 0.2) is 238 Å². The number of carbonyl (C=O) groups is 6. The molecule has 4 fully saturated rings. The van der Waals surface area contributed by atoms with Crippen molar-refractivity contribution in [3.63, 3.8) is 0 Å². The number of anilines is 4. The fraction of sp³-hybridized carbons (Fsp3) is 0.267. The van der Waals surface area contributed by atoms with Gasteiger partial charge < -0.3 is 68.8 Å². The van der Waals surface area contributed by atoms with E-state index >= 15 is 0 Å². The number of nitrogens with one attached hydrogen (secondary N) is 8. The van der Waals surface area contributed by atoms with Crippen molar-refractivity contribution in [1.29, 1.82) is 0 Å². The lowest BCUT2D eigenvalue weighted by Crippen LogP contribution is -2.33. The molecule has 668 valence electrons. The van der Waals surface area contributed by atoms with Gasteiger partial charge in [0.05, 0.1) is 141 Å². The number of carboxylic acid groups (broad SMARTS) is 2. The molecular weight excluding hydrogens is 1670 g/mol. The standard InChI is InChI=1S/4C22H22N6O3.2CH2O2/c2*1-2-30-16-9-15(10-16)28-13-18(21(27-28)17-5-3-4-8-23-17)26-22(29)20-7-6-19(31-20)14-11-24-25-12-14;2*29-16-6-4-15(5-7-16)28-13-18(21(27-28)17-3-1-2-10-23-17)26-22(30)20-9-8-19(31-20)14-11-24-25-12-14;2*2-1-3/h2*3-8,11-13,15-16H,2,9-10H2,1H3,(H,24,25)(H,26,29);2*1-3,8-13,15-16,29H,4-7H2,(H,24,25)(H,26,30);2*1H,(H,2,3). The highest BCUT2D eigenvalue weighted by molar-refractivity contribution is 6.07. The molecular formula is C90H92N24O16. The van der Waals surface area contributed by atoms with E-state index in [1.165, 1.54) is 0 Å². The number of hydrogen-bond acceptors (Lipinski definition) is 26. The average Bonchev–Trinajstić information content (AvgIpc) is 1.65. The summed E-state index contributed by atoms with van der Waals surface area (Å²) in [6.45, 7) is 4.92. The summed E-state index contributed by atoms with van der Waals surface area (Å²) in [6.07, 6.45) is 37.5. The number of aliphatic hydroxyl groups is 2. The van der Waals surface area contributed by atoms with Crippen molar-refractivity contribution in [3.8, 4) is 90.8 Å². The molecule has 4 amide bonds. The average molecular weight is 1770 g/mol. The molecule has 0 atom stereocenters. The minimum atomic E-state index is -0.370. The first-order valence-electron chi connectivity index (χ1n) is 42.0. The molecule has 0 saturated heterocycles. The minimum absolute atomic E-state index is 0.174. The first-order chi connectivity index (χ1) is 63.6. The van der Waals surface area contributed by atoms with E-state index in [0.717, 1.165) is 99.3 Å². The van der Waals surface area contributed by atoms with Crippen LogP contribution in [0, 0.1) is 0 Å². The predicted octanol–water partition coefficient (Wildman–Crippen LogP) is 14.6. The summed E-state index contributed by atoms with van der Waals surface area (Å²) in [6, 6.07) is 36.7. The zero-order valence-electron chi connectivity index (χ0n) is 70.3. The van der Waals surface area contributed by atoms with Crippen molar-refractivity contribution >= 4 is 59.3 Å². The van der Waals surface area contributed by atoms with Gasteiger partial charge in [-0.15, -0.1) is 0 Å². The van der Waals surface area contributed by atoms with Gasteiger partial charge >= 0.3 is 0 Å². The molecule has 0 bridgehead atoms. The molecule has 16 aromatic heterocycles. The Hall–Kier alpha value is -15.9. The molecule has 0 aromatic carbocycles. The highest BCUT2D eigenvalue weighted by Gasteiger charge is 2.36. The van der Waals surface area contributed by atoms with Gasteiger partial charge in [0.25, 0.3) is 36.6 Å². The number of aromatic nitrogens is 20. The van der Waals surface area contributed by atoms with Crippen LogP contribution in [-0.4, -0.2) is 194 Å². The second-order valence-corrected chi connectivity index (χ2v) is 30.3. The highest BCUT2D eigenvalue weighted by atomic mass is 16.5. The van der Waals surface area contributed by atoms with Crippen molar-refractivity contribution in [2.24, 2.45) is 0 Å². The Morgan fingerprint density at radius 2 is 0.623 bits per heavy atom. The van der Waals surface area contributed by atoms with Gasteiger partial charge in [-0.3, -0.25) is 87.8 Å². The highest BCUT2D eigenvalue weighted by Crippen LogP contribution is 2.41. The number of hydrogen-bond donors (Lipinski definition) is 12. The van der Waals surface area contributed by atoms with Gasteiger partial charge in [0.15, 0.2) is 23.0 Å². The van der Waals surface area contributed by atoms with Crippen molar-refractivity contribution in [2.75, 3.05) is 34.5 Å². The fourth-order valence-corrected chi connectivity index (χ4v) is 15.1. The number of aliphatic hydroxyl groups excluding tert-OH is 2. The van der Waals surface area contributed by atoms with Crippen LogP contribution in [0.4, 0.5) is 22.7 Å². The molecule has 0 unspecified atom stereocenters. The topological polar surface area (TPSA) is 540 Å². The Kier molecular flexibility index (Phi) is 29.3. The SMILES string of the molecule is CCOC1CC(n2cc(NC(=O)c3ccc(-c4cn[nH]c4)o3)c(-c3ccccn3)n2)C1.CCOC1CC(n2cc(NC(=O)c3ccc(-c4cn[nH]c4)o3)c(-c3ccccn3)n2)C1.O=C(Nc1cn(C2CCC(O)CC2)nc1-c1ccccn1)c1ccc(-c2cn[nH]c2)o1.O=C(Nc1cn(C2CCC(O)CC2)nc1-c1ccccn1)c1ccc(-c2cn[nH]c2)o1.O=CO.O=CO. The van der Waals surface area contributed by atoms with E-state index in [2.05, 4.69) is 82.0 Å². The molecule has 40 heteroatoms. The van der Waals surface area contributed by atoms with E-state index in [1.54, 1.807) is 123 Å². The third-order valence-electron chi connectivity index (χ3n) is 21.8. The van der Waals surface area contributed by atoms with Gasteiger partial charge in [0.2, 0.25) is 0 Å². The lowest BCUT2D eigenvalue weighted by molar-refractivity contribution is -0.123. The fourth-order valence-electron chi connectivity index (χ4n) is 15.1. The molecule has 4 aliphatic rings. The first-order valence-corrected chi connectivity index (χ1v) is 42.0. The Morgan fingerprint density at radius 1 is 0.377 bits per heavy atom. The van der Waals surface area contributed by atoms with Crippen LogP contribution < -0.4 is 21.3 Å². The zero-order valence-corrected chi connectivity index (χ0v) is 70.3. The van der Waals surface area contributed by atoms with E-state index in [-0.39, 0.29) is 108 Å². The maximum atomic E-state index is 12.9. The lowest BCUT2D eigenvalue weighted by Gasteiger charge is -2.34. The Morgan fingerprint density at radius 3 is 0.838 bits per heavy atom. The summed E-state index contributed by atoms with van der Waals surface area (Å²) < 4.78 is 41.7. The lowest BCUT2D eigenvalue weighted by atomic mass is 9.89. The van der Waals surface area contributed by atoms with Crippen molar-refractivity contribution in [2.45, 2.75) is 139 Å². The van der Waals surface area contributed by atoms with Gasteiger partial charge in [-0.25, -0.2) is 0 Å². The Balaban J connectivity index is 0.000000130. The molecule has 20 rings (SSSR count). The maximum absolute atomic E-state index is 12.9. The number of furan rings is 4. The van der Waals surface area contributed by atoms with Gasteiger partial charge in [0, 0.05) is 87.6 Å². The number of aromatic amines is 4. The van der Waals surface area contributed by atoms with Crippen molar-refractivity contribution < 1.29 is 76.3 Å². The molecule has 0 spiro atoms. The van der Waals surface area contributed by atoms with Crippen LogP contribution >= 0.6 is 0 Å². The van der Waals surface area contributed by atoms with Gasteiger partial charge in [0.1, 0.15) is 45.8 Å². The minimum Gasteiger partial charge on any atom is -0.483 e. The van der Waals surface area contributed by atoms with Crippen LogP contribution in [0.2, 0.25) is 0 Å². The molecule has 0 aliphatic heterocycles. The van der Waals surface area contributed by atoms with Crippen LogP contribution in [0.25, 0.3) is 90.8 Å². The number of nitrogens with zero attached hydrogens (tertiary/aromatic N) is 16. The normalized spacial score (nSPS) is 17.7. The zero-order chi connectivity index (χ0) is 90.2. The van der Waals surface area contributed by atoms with Crippen molar-refractivity contribution in [3.05, 3.63) is 244 Å². The molecule has 12 N–H and O–H groups in total. The Labute approximate surface area is 740 Å². The molecule has 130 heavy (non-hydrogen) atoms. The number of rotatable bonds is 24. The van der Waals surface area contributed by atoms with E-state index in [0.29, 0.717) is 105 Å². The van der Waals surface area contributed by atoms with Crippen LogP contribution in [-0.2, 0) is 19.1 Å². The number of carbonyl (C=O) groups excluding carboxylic acids is 4. The van der Waals surface area contributed by atoms with E-state index in [4.69, 9.17) is 67.3 Å². The van der Waals surface area contributed by atoms with Gasteiger partial charge in [-0.2, -0.15) is 40.8 Å². The number of pyridine rings is 4. The summed E-state index contributed by atoms with van der Waals surface area (Å²) >= 11 is 0. The number of ether oxygens (including phenoxy) is 2. The van der Waals surface area contributed by atoms with Crippen LogP contribution in [0.1, 0.15) is 157 Å². The second-order valence-electron chi connectivity index (χ2n) is 30.3. The van der Waals surface area contributed by atoms with Gasteiger partial charge in [-0.05, 0) is 188 Å². The van der Waals surface area contributed by atoms with E-state index in [1.807, 2.05) is 130 Å². The summed E-state index contributed by atoms with van der Waals surface area (Å²) in [4.78, 5) is 85.9. The molecule has 4 aliphatic carbocycles. The molecule has 0 radical (unpaired) electrons. The molecule has 4 saturated carbocycles. The number of amides is 4. The number of H-pyrrole nitrogens is 4. The van der Waals surface area contributed by atoms with Crippen molar-refractivity contribution in [1.82, 2.24) is 99.8 Å². The maximum Gasteiger partial charge on any atom is 0.291 e. The third-order valence-corrected chi connectivity index (χ3v) is 21.8. The molecule has 16 aromatic rings. The summed E-state index contributed by atoms with van der Waals surface area (Å²) in [5.41, 5.74) is 10.5. The van der Waals surface area contributed by atoms with Gasteiger partial charge in [-0.1, -0.05) is 24.3 Å². The smallest absolute Gasteiger partial charge is 0.291 e. The quantitative estimate of drug-likeness (QED) is 0.0250. The molecule has 40 nitrogen and oxygen atoms in total.